The number of nitrogens with zero attached hydrogens (tertiary/aromatic N) is 1. The summed E-state index contributed by atoms with van der Waals surface area (Å²) >= 11 is 0. The fourth-order valence-corrected chi connectivity index (χ4v) is 0.905. The van der Waals surface area contributed by atoms with E-state index >= 15 is 0 Å². The molecule has 0 aromatic carbocycles. The molecule has 0 saturated heterocycles. The van der Waals surface area contributed by atoms with Crippen molar-refractivity contribution in [3.63, 3.8) is 0 Å². The molecule has 0 atom stereocenters. The summed E-state index contributed by atoms with van der Waals surface area (Å²) in [6.45, 7) is 4.00. The quantitative estimate of drug-likeness (QED) is 0.477. The summed E-state index contributed by atoms with van der Waals surface area (Å²) in [4.78, 5) is 20.4. The van der Waals surface area contributed by atoms with Gasteiger partial charge in [-0.05, 0) is 12.1 Å². The van der Waals surface area contributed by atoms with Crippen LogP contribution in [0.5, 0.6) is 0 Å². The maximum Gasteiger partial charge on any atom is 0.332 e. The molecule has 0 saturated carbocycles. The Morgan fingerprint density at radius 2 is 1.83 bits per heavy atom. The zero-order chi connectivity index (χ0) is 14.1. The first-order chi connectivity index (χ1) is 8.49. The molecule has 7 heteroatoms. The Bertz CT molecular complexity index is 474. The molecule has 0 unspecified atom stereocenters. The first-order valence-corrected chi connectivity index (χ1v) is 5.09. The van der Waals surface area contributed by atoms with Crippen LogP contribution in [0.15, 0.2) is 18.2 Å². The van der Waals surface area contributed by atoms with E-state index in [1.54, 1.807) is 0 Å². The number of aliphatic hydroxyl groups excluding tert-OH is 1. The lowest BCUT2D eigenvalue weighted by atomic mass is 10.3. The lowest BCUT2D eigenvalue weighted by molar-refractivity contribution is -0.132. The number of aliphatic carboxylic acids is 2. The van der Waals surface area contributed by atoms with E-state index in [2.05, 4.69) is 10.2 Å². The van der Waals surface area contributed by atoms with Crippen LogP contribution in [-0.2, 0) is 9.59 Å². The first-order valence-electron chi connectivity index (χ1n) is 5.09. The molecule has 7 nitrogen and oxygen atoms in total. The Morgan fingerprint density at radius 1 is 1.22 bits per heavy atom. The van der Waals surface area contributed by atoms with Crippen molar-refractivity contribution in [2.45, 2.75) is 13.8 Å². The first kappa shape index (κ1) is 15.4. The zero-order valence-corrected chi connectivity index (χ0v) is 9.91. The summed E-state index contributed by atoms with van der Waals surface area (Å²) in [5.41, 5.74) is 0.357. The Kier molecular flexibility index (Phi) is 6.57. The molecule has 1 aromatic rings. The van der Waals surface area contributed by atoms with Gasteiger partial charge in [0.05, 0.1) is 11.8 Å². The molecule has 1 rings (SSSR count). The summed E-state index contributed by atoms with van der Waals surface area (Å²) in [5, 5.41) is 32.0. The molecule has 0 radical (unpaired) electrons. The highest BCUT2D eigenvalue weighted by Gasteiger charge is 2.05. The highest BCUT2D eigenvalue weighted by atomic mass is 16.4. The normalized spacial score (nSPS) is 10.9. The van der Waals surface area contributed by atoms with Gasteiger partial charge in [-0.25, -0.2) is 9.59 Å². The van der Waals surface area contributed by atoms with Gasteiger partial charge in [-0.2, -0.15) is 5.10 Å². The van der Waals surface area contributed by atoms with Gasteiger partial charge in [0, 0.05) is 6.08 Å². The number of hydrogen-bond donors (Lipinski definition) is 4. The molecule has 0 bridgehead atoms. The third-order valence-electron chi connectivity index (χ3n) is 1.53. The van der Waals surface area contributed by atoms with Gasteiger partial charge in [0.1, 0.15) is 11.5 Å². The second kappa shape index (κ2) is 7.66. The SMILES string of the molecule is CC.O=C(O)/C=C(\O)c1cc(/C=C/C(=O)O)[nH]n1. The van der Waals surface area contributed by atoms with Crippen molar-refractivity contribution < 1.29 is 24.9 Å². The molecule has 0 aliphatic heterocycles. The van der Waals surface area contributed by atoms with Crippen molar-refractivity contribution in [2.24, 2.45) is 0 Å². The van der Waals surface area contributed by atoms with E-state index in [0.29, 0.717) is 11.8 Å². The number of H-pyrrole nitrogens is 1. The fourth-order valence-electron chi connectivity index (χ4n) is 0.905. The molecular weight excluding hydrogens is 240 g/mol. The molecule has 0 aliphatic rings. The molecule has 4 N–H and O–H groups in total. The van der Waals surface area contributed by atoms with E-state index in [9.17, 15) is 14.7 Å². The second-order valence-electron chi connectivity index (χ2n) is 2.75. The van der Waals surface area contributed by atoms with Crippen molar-refractivity contribution in [1.82, 2.24) is 10.2 Å². The maximum atomic E-state index is 10.2. The van der Waals surface area contributed by atoms with Crippen molar-refractivity contribution in [1.29, 1.82) is 0 Å². The Hall–Kier alpha value is -2.57. The third kappa shape index (κ3) is 5.50. The number of hydrogen-bond acceptors (Lipinski definition) is 4. The molecule has 1 aromatic heterocycles. The average Bonchev–Trinajstić information content (AvgIpc) is 2.77. The van der Waals surface area contributed by atoms with E-state index in [0.717, 1.165) is 6.08 Å². The van der Waals surface area contributed by atoms with Gasteiger partial charge in [0.2, 0.25) is 0 Å². The summed E-state index contributed by atoms with van der Waals surface area (Å²) in [7, 11) is 0. The maximum absolute atomic E-state index is 10.2. The minimum Gasteiger partial charge on any atom is -0.505 e. The van der Waals surface area contributed by atoms with Gasteiger partial charge in [0.25, 0.3) is 0 Å². The highest BCUT2D eigenvalue weighted by molar-refractivity contribution is 5.88. The third-order valence-corrected chi connectivity index (χ3v) is 1.53. The summed E-state index contributed by atoms with van der Waals surface area (Å²) < 4.78 is 0. The van der Waals surface area contributed by atoms with Crippen LogP contribution in [-0.4, -0.2) is 37.5 Å². The number of aromatic nitrogens is 2. The molecule has 0 spiro atoms. The van der Waals surface area contributed by atoms with Crippen molar-refractivity contribution in [2.75, 3.05) is 0 Å². The molecule has 0 amide bonds. The topological polar surface area (TPSA) is 124 Å². The minimum absolute atomic E-state index is 0.0208. The van der Waals surface area contributed by atoms with Crippen molar-refractivity contribution in [3.05, 3.63) is 29.6 Å². The van der Waals surface area contributed by atoms with Crippen LogP contribution in [0.25, 0.3) is 11.8 Å². The van der Waals surface area contributed by atoms with Crippen LogP contribution < -0.4 is 0 Å². The Labute approximate surface area is 103 Å². The van der Waals surface area contributed by atoms with E-state index in [-0.39, 0.29) is 5.69 Å². The predicted octanol–water partition coefficient (Wildman–Crippen LogP) is 1.52. The highest BCUT2D eigenvalue weighted by Crippen LogP contribution is 2.10. The van der Waals surface area contributed by atoms with Gasteiger partial charge < -0.3 is 15.3 Å². The number of rotatable bonds is 4. The smallest absolute Gasteiger partial charge is 0.332 e. The van der Waals surface area contributed by atoms with Crippen LogP contribution in [0.3, 0.4) is 0 Å². The number of nitrogens with one attached hydrogen (secondary N) is 1. The minimum atomic E-state index is -1.30. The molecule has 0 fully saturated rings. The van der Waals surface area contributed by atoms with Crippen LogP contribution in [0.1, 0.15) is 25.2 Å². The standard InChI is InChI=1S/C9H8N2O5.C2H6/c12-7(4-9(15)16)6-3-5(10-11-6)1-2-8(13)14;1-2/h1-4,12H,(H,10,11)(H,13,14)(H,15,16);1-2H3/b2-1+,7-4-;. The summed E-state index contributed by atoms with van der Waals surface area (Å²) in [5.74, 6) is -2.94. The van der Waals surface area contributed by atoms with E-state index in [1.807, 2.05) is 13.8 Å². The van der Waals surface area contributed by atoms with Gasteiger partial charge in [0.15, 0.2) is 0 Å². The zero-order valence-electron chi connectivity index (χ0n) is 9.91. The van der Waals surface area contributed by atoms with Crippen molar-refractivity contribution in [3.8, 4) is 0 Å². The van der Waals surface area contributed by atoms with Crippen LogP contribution in [0, 0.1) is 0 Å². The monoisotopic (exact) mass is 254 g/mol. The van der Waals surface area contributed by atoms with Crippen molar-refractivity contribution >= 4 is 23.8 Å². The van der Waals surface area contributed by atoms with Gasteiger partial charge in [-0.1, -0.05) is 13.8 Å². The molecule has 18 heavy (non-hydrogen) atoms. The van der Waals surface area contributed by atoms with Crippen LogP contribution in [0.2, 0.25) is 0 Å². The van der Waals surface area contributed by atoms with Gasteiger partial charge in [-0.3, -0.25) is 5.10 Å². The lowest BCUT2D eigenvalue weighted by Crippen LogP contribution is -1.91. The van der Waals surface area contributed by atoms with E-state index < -0.39 is 17.7 Å². The Morgan fingerprint density at radius 3 is 2.33 bits per heavy atom. The van der Waals surface area contributed by atoms with Crippen LogP contribution >= 0.6 is 0 Å². The number of carboxylic acid groups (broad SMARTS) is 2. The molecular formula is C11H14N2O5. The molecule has 98 valence electrons. The summed E-state index contributed by atoms with van der Waals surface area (Å²) in [6, 6.07) is 1.31. The van der Waals surface area contributed by atoms with E-state index in [1.165, 1.54) is 12.1 Å². The van der Waals surface area contributed by atoms with E-state index in [4.69, 9.17) is 10.2 Å². The van der Waals surface area contributed by atoms with Gasteiger partial charge >= 0.3 is 11.9 Å². The average molecular weight is 254 g/mol. The van der Waals surface area contributed by atoms with Crippen LogP contribution in [0.4, 0.5) is 0 Å². The largest absolute Gasteiger partial charge is 0.505 e. The number of carbonyl (C=O) groups is 2. The summed E-state index contributed by atoms with van der Waals surface area (Å²) in [6.07, 6.45) is 2.70. The second-order valence-corrected chi connectivity index (χ2v) is 2.75. The molecule has 1 heterocycles. The number of carboxylic acids is 2. The fraction of sp³-hybridized carbons (Fsp3) is 0.182. The lowest BCUT2D eigenvalue weighted by Gasteiger charge is -1.89. The number of aromatic amines is 1. The van der Waals surface area contributed by atoms with Gasteiger partial charge in [-0.15, -0.1) is 0 Å². The predicted molar refractivity (Wildman–Crippen MR) is 64.8 cm³/mol. The Balaban J connectivity index is 0.00000137. The molecule has 0 aliphatic carbocycles. The number of aliphatic hydroxyl groups is 1.